The second kappa shape index (κ2) is 14.0. The largest absolute Gasteiger partial charge is 0.228 e. The summed E-state index contributed by atoms with van der Waals surface area (Å²) in [5.41, 5.74) is 9.93. The predicted molar refractivity (Wildman–Crippen MR) is 226 cm³/mol. The summed E-state index contributed by atoms with van der Waals surface area (Å²) in [6.45, 7) is 0. The minimum Gasteiger partial charge on any atom is -0.228 e. The smallest absolute Gasteiger partial charge is 0.164 e. The van der Waals surface area contributed by atoms with Gasteiger partial charge in [-0.25, -0.2) is 24.9 Å². The van der Waals surface area contributed by atoms with Crippen molar-refractivity contribution in [2.24, 2.45) is 0 Å². The number of benzene rings is 7. The zero-order valence-corrected chi connectivity index (χ0v) is 30.4. The van der Waals surface area contributed by atoms with E-state index < -0.39 is 0 Å². The van der Waals surface area contributed by atoms with E-state index in [-0.39, 0.29) is 0 Å². The van der Waals surface area contributed by atoms with E-state index in [0.29, 0.717) is 23.3 Å². The molecule has 10 aromatic rings. The van der Waals surface area contributed by atoms with Gasteiger partial charge in [0.2, 0.25) is 0 Å². The Morgan fingerprint density at radius 3 is 1.33 bits per heavy atom. The fourth-order valence-electron chi connectivity index (χ4n) is 6.96. The maximum Gasteiger partial charge on any atom is 0.164 e. The van der Waals surface area contributed by atoms with Crippen LogP contribution in [0.15, 0.2) is 188 Å². The van der Waals surface area contributed by atoms with Crippen LogP contribution in [-0.2, 0) is 0 Å². The molecule has 0 radical (unpaired) electrons. The van der Waals surface area contributed by atoms with Gasteiger partial charge in [-0.05, 0) is 47.5 Å². The zero-order valence-electron chi connectivity index (χ0n) is 29.5. The van der Waals surface area contributed by atoms with Crippen molar-refractivity contribution in [2.75, 3.05) is 0 Å². The second-order valence-corrected chi connectivity index (χ2v) is 14.4. The van der Waals surface area contributed by atoms with Gasteiger partial charge < -0.3 is 0 Å². The highest BCUT2D eigenvalue weighted by molar-refractivity contribution is 7.25. The van der Waals surface area contributed by atoms with Crippen LogP contribution in [0.2, 0.25) is 0 Å². The Bertz CT molecular complexity index is 2910. The quantitative estimate of drug-likeness (QED) is 0.164. The Morgan fingerprint density at radius 1 is 0.255 bits per heavy atom. The molecule has 0 saturated carbocycles. The summed E-state index contributed by atoms with van der Waals surface area (Å²) < 4.78 is 2.35. The zero-order chi connectivity index (χ0) is 36.6. The van der Waals surface area contributed by atoms with E-state index in [9.17, 15) is 0 Å². The summed E-state index contributed by atoms with van der Waals surface area (Å²) in [5, 5.41) is 2.33. The van der Waals surface area contributed by atoms with E-state index in [1.807, 2.05) is 72.8 Å². The van der Waals surface area contributed by atoms with Gasteiger partial charge in [-0.15, -0.1) is 11.3 Å². The average Bonchev–Trinajstić information content (AvgIpc) is 3.64. The molecule has 0 aliphatic rings. The molecule has 0 saturated heterocycles. The van der Waals surface area contributed by atoms with Crippen LogP contribution in [0, 0.1) is 0 Å². The first kappa shape index (κ1) is 32.5. The van der Waals surface area contributed by atoms with Crippen molar-refractivity contribution in [2.45, 2.75) is 0 Å². The summed E-state index contributed by atoms with van der Waals surface area (Å²) in [6, 6.07) is 64.6. The minimum atomic E-state index is 0.633. The Kier molecular flexibility index (Phi) is 8.28. The first-order chi connectivity index (χ1) is 27.2. The fourth-order valence-corrected chi connectivity index (χ4v) is 8.09. The van der Waals surface area contributed by atoms with E-state index in [1.165, 1.54) is 10.1 Å². The maximum atomic E-state index is 5.08. The van der Waals surface area contributed by atoms with E-state index in [0.717, 1.165) is 66.0 Å². The van der Waals surface area contributed by atoms with Gasteiger partial charge in [-0.2, -0.15) is 0 Å². The molecule has 258 valence electrons. The third kappa shape index (κ3) is 6.45. The first-order valence-electron chi connectivity index (χ1n) is 18.2. The molecule has 0 aliphatic heterocycles. The van der Waals surface area contributed by atoms with Gasteiger partial charge in [-0.1, -0.05) is 152 Å². The van der Waals surface area contributed by atoms with Gasteiger partial charge in [0, 0.05) is 53.6 Å². The Balaban J connectivity index is 1.07. The van der Waals surface area contributed by atoms with Gasteiger partial charge in [0.05, 0.1) is 11.4 Å². The lowest BCUT2D eigenvalue weighted by Gasteiger charge is -2.10. The molecule has 0 aliphatic carbocycles. The third-order valence-corrected chi connectivity index (χ3v) is 10.9. The number of fused-ring (bicyclic) bond motifs is 3. The van der Waals surface area contributed by atoms with Crippen molar-refractivity contribution in [1.82, 2.24) is 24.9 Å². The number of rotatable bonds is 7. The molecule has 10 rings (SSSR count). The Hall–Kier alpha value is -7.15. The van der Waals surface area contributed by atoms with E-state index in [4.69, 9.17) is 24.9 Å². The van der Waals surface area contributed by atoms with Crippen molar-refractivity contribution in [3.63, 3.8) is 0 Å². The Morgan fingerprint density at radius 2 is 0.709 bits per heavy atom. The number of hydrogen-bond acceptors (Lipinski definition) is 6. The monoisotopic (exact) mass is 721 g/mol. The van der Waals surface area contributed by atoms with Crippen molar-refractivity contribution >= 4 is 31.5 Å². The molecule has 0 fully saturated rings. The predicted octanol–water partition coefficient (Wildman–Crippen LogP) is 12.7. The SMILES string of the molecule is c1ccc(-c2cccc(-c3nc(-c4ccccc4)nc(-c4ccc5c(c4)sc4ccc(-c6nc(-c7ccccc7)cc(-c7ccccc7)n6)cc45)n3)c2)cc1. The van der Waals surface area contributed by atoms with Gasteiger partial charge >= 0.3 is 0 Å². The molecule has 5 nitrogen and oxygen atoms in total. The molecule has 0 amide bonds. The average molecular weight is 722 g/mol. The summed E-state index contributed by atoms with van der Waals surface area (Å²) in [7, 11) is 0. The molecule has 0 atom stereocenters. The number of nitrogens with zero attached hydrogens (tertiary/aromatic N) is 5. The first-order valence-corrected chi connectivity index (χ1v) is 19.0. The highest BCUT2D eigenvalue weighted by Crippen LogP contribution is 2.39. The van der Waals surface area contributed by atoms with E-state index in [1.54, 1.807) is 11.3 Å². The fraction of sp³-hybridized carbons (Fsp3) is 0. The van der Waals surface area contributed by atoms with Gasteiger partial charge in [-0.3, -0.25) is 0 Å². The maximum absolute atomic E-state index is 5.08. The van der Waals surface area contributed by atoms with Crippen molar-refractivity contribution in [3.05, 3.63) is 188 Å². The lowest BCUT2D eigenvalue weighted by Crippen LogP contribution is -2.00. The van der Waals surface area contributed by atoms with Crippen LogP contribution in [0.3, 0.4) is 0 Å². The second-order valence-electron chi connectivity index (χ2n) is 13.3. The summed E-state index contributed by atoms with van der Waals surface area (Å²) in [4.78, 5) is 25.3. The van der Waals surface area contributed by atoms with Crippen LogP contribution in [0.4, 0.5) is 0 Å². The van der Waals surface area contributed by atoms with Crippen LogP contribution in [0.25, 0.3) is 99.4 Å². The summed E-state index contributed by atoms with van der Waals surface area (Å²) in [5.74, 6) is 2.60. The van der Waals surface area contributed by atoms with Crippen LogP contribution in [0.5, 0.6) is 0 Å². The molecule has 0 N–H and O–H groups in total. The van der Waals surface area contributed by atoms with Crippen molar-refractivity contribution in [3.8, 4) is 79.2 Å². The standard InChI is InChI=1S/C49H31N5S/c1-5-14-32(15-6-1)36-22-13-23-37(28-36)48-52-46(35-20-11-4-12-21-35)53-49(54-48)39-24-26-40-41-29-38(25-27-44(41)55-45(40)30-39)47-50-42(33-16-7-2-8-17-33)31-43(51-47)34-18-9-3-10-19-34/h1-31H. The lowest BCUT2D eigenvalue weighted by atomic mass is 10.0. The summed E-state index contributed by atoms with van der Waals surface area (Å²) >= 11 is 1.76. The molecular weight excluding hydrogens is 691 g/mol. The highest BCUT2D eigenvalue weighted by Gasteiger charge is 2.16. The normalized spacial score (nSPS) is 11.3. The molecule has 7 aromatic carbocycles. The van der Waals surface area contributed by atoms with Crippen LogP contribution >= 0.6 is 11.3 Å². The van der Waals surface area contributed by atoms with E-state index >= 15 is 0 Å². The van der Waals surface area contributed by atoms with Gasteiger partial charge in [0.25, 0.3) is 0 Å². The summed E-state index contributed by atoms with van der Waals surface area (Å²) in [6.07, 6.45) is 0. The molecule has 3 heterocycles. The van der Waals surface area contributed by atoms with Crippen molar-refractivity contribution in [1.29, 1.82) is 0 Å². The van der Waals surface area contributed by atoms with Crippen molar-refractivity contribution < 1.29 is 0 Å². The molecule has 55 heavy (non-hydrogen) atoms. The lowest BCUT2D eigenvalue weighted by molar-refractivity contribution is 1.07. The number of thiophene rings is 1. The van der Waals surface area contributed by atoms with Crippen LogP contribution in [-0.4, -0.2) is 24.9 Å². The molecule has 6 heteroatoms. The number of aromatic nitrogens is 5. The van der Waals surface area contributed by atoms with Crippen LogP contribution < -0.4 is 0 Å². The number of hydrogen-bond donors (Lipinski definition) is 0. The molecule has 0 spiro atoms. The molecular formula is C49H31N5S. The molecule has 0 bridgehead atoms. The van der Waals surface area contributed by atoms with E-state index in [2.05, 4.69) is 115 Å². The molecule has 3 aromatic heterocycles. The van der Waals surface area contributed by atoms with Gasteiger partial charge in [0.15, 0.2) is 23.3 Å². The highest BCUT2D eigenvalue weighted by atomic mass is 32.1. The Labute approximate surface area is 322 Å². The van der Waals surface area contributed by atoms with Crippen LogP contribution in [0.1, 0.15) is 0 Å². The third-order valence-electron chi connectivity index (χ3n) is 9.75. The van der Waals surface area contributed by atoms with Gasteiger partial charge in [0.1, 0.15) is 0 Å². The topological polar surface area (TPSA) is 64.5 Å². The molecule has 0 unspecified atom stereocenters. The minimum absolute atomic E-state index is 0.633.